The molecule has 6 nitrogen and oxygen atoms in total. The average molecular weight is 295 g/mol. The molecule has 7 heteroatoms. The van der Waals surface area contributed by atoms with E-state index in [-0.39, 0.29) is 10.6 Å². The van der Waals surface area contributed by atoms with E-state index in [0.29, 0.717) is 17.1 Å². The molecule has 0 bridgehead atoms. The van der Waals surface area contributed by atoms with E-state index in [1.54, 1.807) is 0 Å². The third-order valence-corrected chi connectivity index (χ3v) is 4.16. The van der Waals surface area contributed by atoms with Crippen LogP contribution in [-0.4, -0.2) is 37.0 Å². The molecule has 0 aliphatic carbocycles. The fraction of sp³-hybridized carbons (Fsp3) is 0.538. The number of nitrogens with one attached hydrogen (secondary N) is 1. The van der Waals surface area contributed by atoms with Crippen LogP contribution in [0.1, 0.15) is 35.5 Å². The van der Waals surface area contributed by atoms with Crippen molar-refractivity contribution in [1.82, 2.24) is 4.90 Å². The van der Waals surface area contributed by atoms with Crippen molar-refractivity contribution in [3.8, 4) is 6.07 Å². The summed E-state index contributed by atoms with van der Waals surface area (Å²) >= 11 is 1.14. The molecule has 0 saturated heterocycles. The van der Waals surface area contributed by atoms with Gasteiger partial charge < -0.3 is 21.7 Å². The molecule has 0 aliphatic rings. The quantitative estimate of drug-likeness (QED) is 0.672. The zero-order chi connectivity index (χ0) is 15.1. The lowest BCUT2D eigenvalue weighted by Gasteiger charge is -2.19. The molecular formula is C13H21N5OS. The summed E-state index contributed by atoms with van der Waals surface area (Å²) in [5.74, 6) is -0.599. The molecule has 1 aromatic heterocycles. The molecular weight excluding hydrogens is 274 g/mol. The second kappa shape index (κ2) is 7.72. The first-order chi connectivity index (χ1) is 9.54. The summed E-state index contributed by atoms with van der Waals surface area (Å²) in [6.45, 7) is 7.86. The topological polar surface area (TPSA) is 108 Å². The monoisotopic (exact) mass is 295 g/mol. The summed E-state index contributed by atoms with van der Waals surface area (Å²) in [4.78, 5) is 13.8. The van der Waals surface area contributed by atoms with E-state index in [0.717, 1.165) is 37.4 Å². The first-order valence-electron chi connectivity index (χ1n) is 6.63. The highest BCUT2D eigenvalue weighted by Crippen LogP contribution is 2.34. The highest BCUT2D eigenvalue weighted by Gasteiger charge is 2.19. The smallest absolute Gasteiger partial charge is 0.261 e. The molecule has 0 saturated carbocycles. The number of nitrogens with zero attached hydrogens (tertiary/aromatic N) is 2. The predicted octanol–water partition coefficient (Wildman–Crippen LogP) is 1.44. The van der Waals surface area contributed by atoms with E-state index in [4.69, 9.17) is 16.7 Å². The van der Waals surface area contributed by atoms with Crippen LogP contribution in [0.25, 0.3) is 0 Å². The van der Waals surface area contributed by atoms with Crippen molar-refractivity contribution >= 4 is 27.9 Å². The minimum atomic E-state index is -0.599. The maximum atomic E-state index is 11.2. The highest BCUT2D eigenvalue weighted by atomic mass is 32.1. The van der Waals surface area contributed by atoms with Crippen LogP contribution in [0.4, 0.5) is 10.7 Å². The molecule has 0 aromatic carbocycles. The Morgan fingerprint density at radius 2 is 2.15 bits per heavy atom. The molecule has 0 radical (unpaired) electrons. The summed E-state index contributed by atoms with van der Waals surface area (Å²) in [5, 5.41) is 12.9. The molecule has 0 unspecified atom stereocenters. The molecule has 110 valence electrons. The maximum Gasteiger partial charge on any atom is 0.261 e. The number of amides is 1. The van der Waals surface area contributed by atoms with Crippen molar-refractivity contribution in [2.24, 2.45) is 5.73 Å². The number of hydrogen-bond acceptors (Lipinski definition) is 6. The van der Waals surface area contributed by atoms with Crippen LogP contribution in [0, 0.1) is 11.3 Å². The number of nitrogen functional groups attached to an aromatic ring is 1. The number of anilines is 2. The molecule has 0 spiro atoms. The fourth-order valence-corrected chi connectivity index (χ4v) is 2.88. The van der Waals surface area contributed by atoms with Crippen LogP contribution in [0.3, 0.4) is 0 Å². The predicted molar refractivity (Wildman–Crippen MR) is 82.9 cm³/mol. The molecule has 1 rings (SSSR count). The number of nitriles is 1. The molecule has 0 aliphatic heterocycles. The molecule has 1 heterocycles. The van der Waals surface area contributed by atoms with Crippen LogP contribution in [-0.2, 0) is 0 Å². The number of primary amides is 1. The number of likely N-dealkylation sites (N-methyl/N-ethyl adjacent to an activating group) is 1. The number of carbonyl (C=O) groups excluding carboxylic acids is 1. The standard InChI is InChI=1S/C13H21N5OS/c1-3-6-18(4-2)7-5-17-13-9(8-14)10(15)11(20-13)12(16)19/h17H,3-7,15H2,1-2H3,(H2,16,19). The minimum absolute atomic E-state index is 0.174. The van der Waals surface area contributed by atoms with Gasteiger partial charge in [-0.25, -0.2) is 0 Å². The summed E-state index contributed by atoms with van der Waals surface area (Å²) in [5.41, 5.74) is 11.5. The Hall–Kier alpha value is -1.78. The molecule has 5 N–H and O–H groups in total. The van der Waals surface area contributed by atoms with Crippen molar-refractivity contribution < 1.29 is 4.79 Å². The zero-order valence-electron chi connectivity index (χ0n) is 11.9. The van der Waals surface area contributed by atoms with Gasteiger partial charge in [0, 0.05) is 13.1 Å². The van der Waals surface area contributed by atoms with Gasteiger partial charge in [0.2, 0.25) is 0 Å². The first-order valence-corrected chi connectivity index (χ1v) is 7.45. The summed E-state index contributed by atoms with van der Waals surface area (Å²) in [6, 6.07) is 2.02. The zero-order valence-corrected chi connectivity index (χ0v) is 12.7. The van der Waals surface area contributed by atoms with Gasteiger partial charge in [-0.3, -0.25) is 4.79 Å². The molecule has 0 atom stereocenters. The Labute approximate surface area is 123 Å². The Morgan fingerprint density at radius 1 is 1.45 bits per heavy atom. The van der Waals surface area contributed by atoms with Gasteiger partial charge in [-0.1, -0.05) is 13.8 Å². The highest BCUT2D eigenvalue weighted by molar-refractivity contribution is 7.18. The third kappa shape index (κ3) is 3.85. The lowest BCUT2D eigenvalue weighted by atomic mass is 10.2. The van der Waals surface area contributed by atoms with E-state index in [9.17, 15) is 4.79 Å². The van der Waals surface area contributed by atoms with Gasteiger partial charge in [-0.05, 0) is 19.5 Å². The SMILES string of the molecule is CCCN(CC)CCNc1sc(C(N)=O)c(N)c1C#N. The Bertz CT molecular complexity index is 506. The van der Waals surface area contributed by atoms with Crippen molar-refractivity contribution in [3.05, 3.63) is 10.4 Å². The number of thiophene rings is 1. The summed E-state index contributed by atoms with van der Waals surface area (Å²) in [7, 11) is 0. The number of rotatable bonds is 8. The van der Waals surface area contributed by atoms with Gasteiger partial charge in [-0.15, -0.1) is 11.3 Å². The normalized spacial score (nSPS) is 10.5. The van der Waals surface area contributed by atoms with E-state index in [2.05, 4.69) is 24.1 Å². The van der Waals surface area contributed by atoms with Crippen LogP contribution in [0.5, 0.6) is 0 Å². The molecule has 0 fully saturated rings. The van der Waals surface area contributed by atoms with Crippen molar-refractivity contribution in [2.75, 3.05) is 37.2 Å². The van der Waals surface area contributed by atoms with Gasteiger partial charge >= 0.3 is 0 Å². The second-order valence-corrected chi connectivity index (χ2v) is 5.41. The lowest BCUT2D eigenvalue weighted by Crippen LogP contribution is -2.29. The van der Waals surface area contributed by atoms with Crippen molar-refractivity contribution in [3.63, 3.8) is 0 Å². The maximum absolute atomic E-state index is 11.2. The summed E-state index contributed by atoms with van der Waals surface area (Å²) in [6.07, 6.45) is 1.11. The van der Waals surface area contributed by atoms with E-state index < -0.39 is 5.91 Å². The van der Waals surface area contributed by atoms with Crippen LogP contribution < -0.4 is 16.8 Å². The van der Waals surface area contributed by atoms with Crippen molar-refractivity contribution in [2.45, 2.75) is 20.3 Å². The average Bonchev–Trinajstić information content (AvgIpc) is 2.74. The van der Waals surface area contributed by atoms with Crippen LogP contribution in [0.2, 0.25) is 0 Å². The van der Waals surface area contributed by atoms with Gasteiger partial charge in [0.1, 0.15) is 21.5 Å². The van der Waals surface area contributed by atoms with Gasteiger partial charge in [-0.2, -0.15) is 5.26 Å². The van der Waals surface area contributed by atoms with Gasteiger partial charge in [0.25, 0.3) is 5.91 Å². The number of carbonyl (C=O) groups is 1. The van der Waals surface area contributed by atoms with E-state index >= 15 is 0 Å². The van der Waals surface area contributed by atoms with Crippen LogP contribution >= 0.6 is 11.3 Å². The molecule has 1 amide bonds. The summed E-state index contributed by atoms with van der Waals surface area (Å²) < 4.78 is 0. The minimum Gasteiger partial charge on any atom is -0.396 e. The Kier molecular flexibility index (Phi) is 6.28. The molecule has 20 heavy (non-hydrogen) atoms. The largest absolute Gasteiger partial charge is 0.396 e. The first kappa shape index (κ1) is 16.3. The van der Waals surface area contributed by atoms with E-state index in [1.807, 2.05) is 6.07 Å². The lowest BCUT2D eigenvalue weighted by molar-refractivity contribution is 0.100. The van der Waals surface area contributed by atoms with Gasteiger partial charge in [0.05, 0.1) is 5.69 Å². The van der Waals surface area contributed by atoms with Gasteiger partial charge in [0.15, 0.2) is 0 Å². The van der Waals surface area contributed by atoms with Crippen LogP contribution in [0.15, 0.2) is 0 Å². The Balaban J connectivity index is 2.71. The van der Waals surface area contributed by atoms with E-state index in [1.165, 1.54) is 0 Å². The Morgan fingerprint density at radius 3 is 2.65 bits per heavy atom. The second-order valence-electron chi connectivity index (χ2n) is 4.39. The number of hydrogen-bond donors (Lipinski definition) is 3. The third-order valence-electron chi connectivity index (χ3n) is 2.98. The van der Waals surface area contributed by atoms with Crippen molar-refractivity contribution in [1.29, 1.82) is 5.26 Å². The molecule has 1 aromatic rings. The fourth-order valence-electron chi connectivity index (χ4n) is 1.93. The number of nitrogens with two attached hydrogens (primary N) is 2.